The number of nitrogens with zero attached hydrogens (tertiary/aromatic N) is 1. The molecule has 0 amide bonds. The van der Waals surface area contributed by atoms with Gasteiger partial charge in [0.05, 0.1) is 4.99 Å². The van der Waals surface area contributed by atoms with Crippen molar-refractivity contribution < 1.29 is 0 Å². The molecule has 3 atom stereocenters. The lowest BCUT2D eigenvalue weighted by Gasteiger charge is -2.39. The molecule has 0 aromatic heterocycles. The standard InChI is InChI=1S/C13H26N2S/c1-4-7-15(9-13(14)16)12-6-5-10(2)11(3)8-12/h10-12H,4-9H2,1-3H3,(H2,14,16). The van der Waals surface area contributed by atoms with Crippen molar-refractivity contribution in [2.24, 2.45) is 17.6 Å². The first-order valence-electron chi connectivity index (χ1n) is 6.57. The highest BCUT2D eigenvalue weighted by atomic mass is 32.1. The highest BCUT2D eigenvalue weighted by Crippen LogP contribution is 2.32. The van der Waals surface area contributed by atoms with Crippen LogP contribution in [0.3, 0.4) is 0 Å². The minimum Gasteiger partial charge on any atom is -0.392 e. The molecule has 1 rings (SSSR count). The first kappa shape index (κ1) is 13.9. The Labute approximate surface area is 106 Å². The minimum absolute atomic E-state index is 0.639. The van der Waals surface area contributed by atoms with Gasteiger partial charge in [-0.05, 0) is 44.1 Å². The first-order chi connectivity index (χ1) is 7.54. The second-order valence-corrected chi connectivity index (χ2v) is 5.88. The number of rotatable bonds is 5. The molecule has 0 spiro atoms. The van der Waals surface area contributed by atoms with Crippen molar-refractivity contribution in [1.82, 2.24) is 4.90 Å². The second kappa shape index (κ2) is 6.55. The van der Waals surface area contributed by atoms with E-state index in [2.05, 4.69) is 25.7 Å². The summed E-state index contributed by atoms with van der Waals surface area (Å²) < 4.78 is 0. The third-order valence-corrected chi connectivity index (χ3v) is 4.09. The van der Waals surface area contributed by atoms with Crippen LogP contribution in [0.15, 0.2) is 0 Å². The van der Waals surface area contributed by atoms with Gasteiger partial charge in [-0.1, -0.05) is 33.0 Å². The van der Waals surface area contributed by atoms with E-state index in [1.54, 1.807) is 0 Å². The predicted octanol–water partition coefficient (Wildman–Crippen LogP) is 2.81. The first-order valence-corrected chi connectivity index (χ1v) is 6.97. The fourth-order valence-electron chi connectivity index (χ4n) is 2.73. The van der Waals surface area contributed by atoms with Gasteiger partial charge in [0.2, 0.25) is 0 Å². The molecule has 0 radical (unpaired) electrons. The lowest BCUT2D eigenvalue weighted by molar-refractivity contribution is 0.123. The van der Waals surface area contributed by atoms with E-state index < -0.39 is 0 Å². The van der Waals surface area contributed by atoms with Gasteiger partial charge in [0.25, 0.3) is 0 Å². The Bertz CT molecular complexity index is 230. The third-order valence-electron chi connectivity index (χ3n) is 3.96. The van der Waals surface area contributed by atoms with E-state index in [0.717, 1.165) is 24.9 Å². The smallest absolute Gasteiger partial charge is 0.0870 e. The average molecular weight is 242 g/mol. The summed E-state index contributed by atoms with van der Waals surface area (Å²) >= 11 is 5.04. The van der Waals surface area contributed by atoms with E-state index in [4.69, 9.17) is 18.0 Å². The summed E-state index contributed by atoms with van der Waals surface area (Å²) in [6.07, 6.45) is 5.16. The maximum Gasteiger partial charge on any atom is 0.0870 e. The van der Waals surface area contributed by atoms with Gasteiger partial charge < -0.3 is 5.73 Å². The summed E-state index contributed by atoms with van der Waals surface area (Å²) in [4.78, 5) is 3.13. The summed E-state index contributed by atoms with van der Waals surface area (Å²) in [5.41, 5.74) is 5.68. The summed E-state index contributed by atoms with van der Waals surface area (Å²) in [6, 6.07) is 0.702. The zero-order chi connectivity index (χ0) is 12.1. The summed E-state index contributed by atoms with van der Waals surface area (Å²) in [5.74, 6) is 1.72. The molecular weight excluding hydrogens is 216 g/mol. The zero-order valence-electron chi connectivity index (χ0n) is 10.9. The van der Waals surface area contributed by atoms with Gasteiger partial charge in [0.1, 0.15) is 0 Å². The zero-order valence-corrected chi connectivity index (χ0v) is 11.7. The van der Waals surface area contributed by atoms with Crippen LogP contribution < -0.4 is 5.73 Å². The lowest BCUT2D eigenvalue weighted by atomic mass is 9.78. The Morgan fingerprint density at radius 2 is 2.00 bits per heavy atom. The quantitative estimate of drug-likeness (QED) is 0.752. The molecule has 1 aliphatic rings. The van der Waals surface area contributed by atoms with Gasteiger partial charge in [-0.3, -0.25) is 4.90 Å². The van der Waals surface area contributed by atoms with Crippen molar-refractivity contribution in [3.63, 3.8) is 0 Å². The average Bonchev–Trinajstić information content (AvgIpc) is 2.21. The molecule has 16 heavy (non-hydrogen) atoms. The van der Waals surface area contributed by atoms with Crippen LogP contribution in [-0.4, -0.2) is 29.0 Å². The van der Waals surface area contributed by atoms with Crippen LogP contribution in [0.5, 0.6) is 0 Å². The Morgan fingerprint density at radius 3 is 2.50 bits per heavy atom. The summed E-state index contributed by atoms with van der Waals surface area (Å²) in [7, 11) is 0. The van der Waals surface area contributed by atoms with E-state index in [0.29, 0.717) is 11.0 Å². The SMILES string of the molecule is CCCN(CC(N)=S)C1CCC(C)C(C)C1. The molecule has 0 aromatic rings. The molecule has 0 heterocycles. The Kier molecular flexibility index (Phi) is 5.70. The van der Waals surface area contributed by atoms with Crippen LogP contribution in [0.2, 0.25) is 0 Å². The summed E-state index contributed by atoms with van der Waals surface area (Å²) in [6.45, 7) is 8.90. The molecule has 94 valence electrons. The Hall–Kier alpha value is -0.150. The topological polar surface area (TPSA) is 29.3 Å². The molecule has 3 heteroatoms. The van der Waals surface area contributed by atoms with Crippen molar-refractivity contribution >= 4 is 17.2 Å². The van der Waals surface area contributed by atoms with Crippen LogP contribution in [0.25, 0.3) is 0 Å². The van der Waals surface area contributed by atoms with Crippen LogP contribution in [0.1, 0.15) is 46.5 Å². The number of hydrogen-bond donors (Lipinski definition) is 1. The normalized spacial score (nSPS) is 30.6. The third kappa shape index (κ3) is 4.02. The molecule has 1 aliphatic carbocycles. The molecule has 2 N–H and O–H groups in total. The van der Waals surface area contributed by atoms with E-state index in [9.17, 15) is 0 Å². The van der Waals surface area contributed by atoms with Gasteiger partial charge in [0.15, 0.2) is 0 Å². The largest absolute Gasteiger partial charge is 0.392 e. The molecular formula is C13H26N2S. The molecule has 2 nitrogen and oxygen atoms in total. The van der Waals surface area contributed by atoms with Crippen molar-refractivity contribution in [1.29, 1.82) is 0 Å². The van der Waals surface area contributed by atoms with Crippen molar-refractivity contribution in [3.8, 4) is 0 Å². The lowest BCUT2D eigenvalue weighted by Crippen LogP contribution is -2.44. The van der Waals surface area contributed by atoms with Crippen LogP contribution in [0.4, 0.5) is 0 Å². The van der Waals surface area contributed by atoms with Crippen molar-refractivity contribution in [2.45, 2.75) is 52.5 Å². The van der Waals surface area contributed by atoms with E-state index in [1.807, 2.05) is 0 Å². The predicted molar refractivity (Wildman–Crippen MR) is 74.6 cm³/mol. The fraction of sp³-hybridized carbons (Fsp3) is 0.923. The Morgan fingerprint density at radius 1 is 1.31 bits per heavy atom. The highest BCUT2D eigenvalue weighted by Gasteiger charge is 2.28. The van der Waals surface area contributed by atoms with Gasteiger partial charge in [-0.15, -0.1) is 0 Å². The van der Waals surface area contributed by atoms with Crippen molar-refractivity contribution in [3.05, 3.63) is 0 Å². The summed E-state index contributed by atoms with van der Waals surface area (Å²) in [5, 5.41) is 0. The molecule has 0 aromatic carbocycles. The number of thiocarbonyl (C=S) groups is 1. The van der Waals surface area contributed by atoms with Crippen LogP contribution in [0, 0.1) is 11.8 Å². The van der Waals surface area contributed by atoms with E-state index in [-0.39, 0.29) is 0 Å². The molecule has 0 saturated heterocycles. The molecule has 0 aliphatic heterocycles. The molecule has 3 unspecified atom stereocenters. The van der Waals surface area contributed by atoms with Gasteiger partial charge in [-0.25, -0.2) is 0 Å². The highest BCUT2D eigenvalue weighted by molar-refractivity contribution is 7.80. The van der Waals surface area contributed by atoms with Crippen molar-refractivity contribution in [2.75, 3.05) is 13.1 Å². The molecule has 1 fully saturated rings. The number of nitrogens with two attached hydrogens (primary N) is 1. The maximum atomic E-state index is 5.68. The van der Waals surface area contributed by atoms with Crippen LogP contribution >= 0.6 is 12.2 Å². The van der Waals surface area contributed by atoms with E-state index in [1.165, 1.54) is 25.7 Å². The van der Waals surface area contributed by atoms with Gasteiger partial charge in [-0.2, -0.15) is 0 Å². The molecule has 1 saturated carbocycles. The van der Waals surface area contributed by atoms with Gasteiger partial charge in [0, 0.05) is 12.6 Å². The fourth-order valence-corrected chi connectivity index (χ4v) is 2.89. The van der Waals surface area contributed by atoms with Gasteiger partial charge >= 0.3 is 0 Å². The van der Waals surface area contributed by atoms with Crippen LogP contribution in [-0.2, 0) is 0 Å². The minimum atomic E-state index is 0.639. The second-order valence-electron chi connectivity index (χ2n) is 5.36. The number of hydrogen-bond acceptors (Lipinski definition) is 2. The maximum absolute atomic E-state index is 5.68. The monoisotopic (exact) mass is 242 g/mol. The molecule has 0 bridgehead atoms. The van der Waals surface area contributed by atoms with E-state index >= 15 is 0 Å². The Balaban J connectivity index is 2.53.